The maximum absolute atomic E-state index is 13.0. The third-order valence-electron chi connectivity index (χ3n) is 3.90. The van der Waals surface area contributed by atoms with Crippen LogP contribution in [0.15, 0.2) is 60.7 Å². The van der Waals surface area contributed by atoms with Crippen molar-refractivity contribution in [2.75, 3.05) is 13.2 Å². The lowest BCUT2D eigenvalue weighted by molar-refractivity contribution is -0.00000678. The van der Waals surface area contributed by atoms with E-state index in [9.17, 15) is 4.39 Å². The van der Waals surface area contributed by atoms with Crippen LogP contribution in [0.1, 0.15) is 11.1 Å². The van der Waals surface area contributed by atoms with Gasteiger partial charge in [-0.2, -0.15) is 0 Å². The predicted molar refractivity (Wildman–Crippen MR) is 93.5 cm³/mol. The van der Waals surface area contributed by atoms with Crippen LogP contribution in [0.25, 0.3) is 10.8 Å². The van der Waals surface area contributed by atoms with Gasteiger partial charge in [-0.1, -0.05) is 42.5 Å². The zero-order valence-electron chi connectivity index (χ0n) is 13.7. The molecule has 0 amide bonds. The van der Waals surface area contributed by atoms with Crippen LogP contribution in [0.4, 0.5) is 4.39 Å². The monoisotopic (exact) mass is 360 g/mol. The summed E-state index contributed by atoms with van der Waals surface area (Å²) >= 11 is 0. The first-order chi connectivity index (χ1) is 11.8. The lowest BCUT2D eigenvalue weighted by atomic mass is 10.0. The van der Waals surface area contributed by atoms with Crippen molar-refractivity contribution < 1.29 is 26.6 Å². The van der Waals surface area contributed by atoms with Gasteiger partial charge in [0.15, 0.2) is 0 Å². The van der Waals surface area contributed by atoms with Crippen LogP contribution in [-0.2, 0) is 13.2 Å². The largest absolute Gasteiger partial charge is 1.00 e. The summed E-state index contributed by atoms with van der Waals surface area (Å²) in [6.45, 7) is 1.61. The molecule has 0 saturated carbocycles. The molecular formula is C20H20ClFNO2-. The van der Waals surface area contributed by atoms with Gasteiger partial charge in [-0.15, -0.1) is 0 Å². The van der Waals surface area contributed by atoms with Gasteiger partial charge < -0.3 is 27.6 Å². The molecule has 3 aromatic rings. The Morgan fingerprint density at radius 1 is 0.960 bits per heavy atom. The van der Waals surface area contributed by atoms with Crippen molar-refractivity contribution >= 4 is 10.8 Å². The lowest BCUT2D eigenvalue weighted by Crippen LogP contribution is -3.00. The van der Waals surface area contributed by atoms with E-state index in [1.165, 1.54) is 12.1 Å². The van der Waals surface area contributed by atoms with E-state index in [1.54, 1.807) is 12.1 Å². The molecule has 25 heavy (non-hydrogen) atoms. The molecule has 0 aliphatic carbocycles. The van der Waals surface area contributed by atoms with E-state index in [4.69, 9.17) is 9.84 Å². The predicted octanol–water partition coefficient (Wildman–Crippen LogP) is 0.644. The average molecular weight is 361 g/mol. The van der Waals surface area contributed by atoms with Crippen LogP contribution in [0.5, 0.6) is 5.75 Å². The summed E-state index contributed by atoms with van der Waals surface area (Å²) in [4.78, 5) is 0. The third kappa shape index (κ3) is 4.92. The molecule has 132 valence electrons. The molecule has 3 rings (SSSR count). The quantitative estimate of drug-likeness (QED) is 0.608. The number of rotatable bonds is 7. The van der Waals surface area contributed by atoms with E-state index in [2.05, 4.69) is 17.4 Å². The molecule has 0 fully saturated rings. The minimum Gasteiger partial charge on any atom is -1.00 e. The molecule has 3 nitrogen and oxygen atoms in total. The second kappa shape index (κ2) is 9.37. The Morgan fingerprint density at radius 2 is 1.72 bits per heavy atom. The first-order valence-corrected chi connectivity index (χ1v) is 7.97. The Morgan fingerprint density at radius 3 is 2.48 bits per heavy atom. The molecule has 3 aromatic carbocycles. The Labute approximate surface area is 152 Å². The highest BCUT2D eigenvalue weighted by Gasteiger charge is 2.09. The van der Waals surface area contributed by atoms with Gasteiger partial charge in [-0.25, -0.2) is 4.39 Å². The second-order valence-electron chi connectivity index (χ2n) is 5.58. The number of nitrogens with one attached hydrogen (secondary N) is 1. The molecule has 5 heteroatoms. The highest BCUT2D eigenvalue weighted by Crippen LogP contribution is 2.28. The Balaban J connectivity index is 0.00000225. The highest BCUT2D eigenvalue weighted by molar-refractivity contribution is 5.87. The zero-order chi connectivity index (χ0) is 16.8. The molecule has 0 heterocycles. The molecule has 0 aliphatic rings. The molecule has 0 saturated heterocycles. The van der Waals surface area contributed by atoms with E-state index >= 15 is 0 Å². The molecule has 2 N–H and O–H groups in total. The summed E-state index contributed by atoms with van der Waals surface area (Å²) < 4.78 is 19.0. The maximum atomic E-state index is 13.0. The molecule has 0 aliphatic heterocycles. The Kier molecular flexibility index (Phi) is 7.19. The van der Waals surface area contributed by atoms with Gasteiger partial charge in [-0.05, 0) is 34.5 Å². The van der Waals surface area contributed by atoms with Gasteiger partial charge in [-0.3, -0.25) is 0 Å². The van der Waals surface area contributed by atoms with Crippen molar-refractivity contribution in [3.8, 4) is 5.75 Å². The van der Waals surface area contributed by atoms with E-state index < -0.39 is 0 Å². The van der Waals surface area contributed by atoms with Gasteiger partial charge in [0.1, 0.15) is 18.2 Å². The average Bonchev–Trinajstić information content (AvgIpc) is 2.62. The smallest absolute Gasteiger partial charge is 0.124 e. The molecule has 0 bridgehead atoms. The van der Waals surface area contributed by atoms with E-state index in [0.717, 1.165) is 27.6 Å². The van der Waals surface area contributed by atoms with Crippen LogP contribution in [0.3, 0.4) is 0 Å². The minimum atomic E-state index is -0.252. The first kappa shape index (κ1) is 19.2. The van der Waals surface area contributed by atoms with E-state index in [-0.39, 0.29) is 24.8 Å². The van der Waals surface area contributed by atoms with Gasteiger partial charge in [0.25, 0.3) is 0 Å². The number of ether oxygens (including phenoxy) is 1. The van der Waals surface area contributed by atoms with Crippen LogP contribution in [0.2, 0.25) is 0 Å². The number of fused-ring (bicyclic) bond motifs is 1. The fourth-order valence-corrected chi connectivity index (χ4v) is 2.67. The molecule has 0 unspecified atom stereocenters. The Hall–Kier alpha value is -2.14. The summed E-state index contributed by atoms with van der Waals surface area (Å²) in [5, 5.41) is 14.5. The Bertz CT molecular complexity index is 808. The molecule has 0 atom stereocenters. The SMILES string of the molecule is OCCNCc1c(OCc2ccc(F)cc2)ccc2ccccc12.[Cl-]. The summed E-state index contributed by atoms with van der Waals surface area (Å²) in [5.41, 5.74) is 1.97. The number of hydrogen-bond donors (Lipinski definition) is 2. The van der Waals surface area contributed by atoms with E-state index in [0.29, 0.717) is 19.7 Å². The van der Waals surface area contributed by atoms with Crippen molar-refractivity contribution in [2.24, 2.45) is 0 Å². The number of benzene rings is 3. The van der Waals surface area contributed by atoms with Crippen molar-refractivity contribution in [3.05, 3.63) is 77.6 Å². The third-order valence-corrected chi connectivity index (χ3v) is 3.90. The van der Waals surface area contributed by atoms with E-state index in [1.807, 2.05) is 24.3 Å². The molecular weight excluding hydrogens is 341 g/mol. The number of halogens is 2. The fourth-order valence-electron chi connectivity index (χ4n) is 2.67. The highest BCUT2D eigenvalue weighted by atomic mass is 35.5. The van der Waals surface area contributed by atoms with Crippen LogP contribution >= 0.6 is 0 Å². The zero-order valence-corrected chi connectivity index (χ0v) is 14.5. The topological polar surface area (TPSA) is 41.5 Å². The maximum Gasteiger partial charge on any atom is 0.124 e. The second-order valence-corrected chi connectivity index (χ2v) is 5.58. The van der Waals surface area contributed by atoms with Crippen LogP contribution in [-0.4, -0.2) is 18.3 Å². The molecule has 0 radical (unpaired) electrons. The normalized spacial score (nSPS) is 10.5. The summed E-state index contributed by atoms with van der Waals surface area (Å²) in [6.07, 6.45) is 0. The number of aliphatic hydroxyl groups is 1. The molecule has 0 spiro atoms. The van der Waals surface area contributed by atoms with Crippen molar-refractivity contribution in [3.63, 3.8) is 0 Å². The van der Waals surface area contributed by atoms with Crippen LogP contribution in [0, 0.1) is 5.82 Å². The molecule has 0 aromatic heterocycles. The van der Waals surface area contributed by atoms with Gasteiger partial charge in [0, 0.05) is 18.7 Å². The van der Waals surface area contributed by atoms with Crippen molar-refractivity contribution in [1.82, 2.24) is 5.32 Å². The lowest BCUT2D eigenvalue weighted by Gasteiger charge is -2.15. The summed E-state index contributed by atoms with van der Waals surface area (Å²) in [6, 6.07) is 18.4. The van der Waals surface area contributed by atoms with Gasteiger partial charge in [0.2, 0.25) is 0 Å². The first-order valence-electron chi connectivity index (χ1n) is 7.97. The van der Waals surface area contributed by atoms with Gasteiger partial charge in [0.05, 0.1) is 6.61 Å². The van der Waals surface area contributed by atoms with Crippen molar-refractivity contribution in [1.29, 1.82) is 0 Å². The van der Waals surface area contributed by atoms with Gasteiger partial charge >= 0.3 is 0 Å². The fraction of sp³-hybridized carbons (Fsp3) is 0.200. The standard InChI is InChI=1S/C20H20FNO2.ClH/c21-17-8-5-15(6-9-17)14-24-20-10-7-16-3-1-2-4-18(16)19(20)13-22-11-12-23;/h1-10,22-23H,11-14H2;1H/p-1. The number of hydrogen-bond acceptors (Lipinski definition) is 3. The number of aliphatic hydroxyl groups excluding tert-OH is 1. The minimum absolute atomic E-state index is 0. The van der Waals surface area contributed by atoms with Crippen LogP contribution < -0.4 is 22.5 Å². The summed E-state index contributed by atoms with van der Waals surface area (Å²) in [7, 11) is 0. The van der Waals surface area contributed by atoms with Crippen molar-refractivity contribution in [2.45, 2.75) is 13.2 Å². The summed E-state index contributed by atoms with van der Waals surface area (Å²) in [5.74, 6) is 0.543.